The molecule has 6 heteroatoms. The van der Waals surface area contributed by atoms with Crippen LogP contribution in [-0.2, 0) is 4.79 Å². The number of carboxylic acid groups (broad SMARTS) is 1. The second-order valence-corrected chi connectivity index (χ2v) is 5.72. The molecular formula is C19H20FNO4. The van der Waals surface area contributed by atoms with E-state index >= 15 is 0 Å². The second kappa shape index (κ2) is 8.28. The summed E-state index contributed by atoms with van der Waals surface area (Å²) in [5.41, 5.74) is 2.06. The Morgan fingerprint density at radius 1 is 1.16 bits per heavy atom. The van der Waals surface area contributed by atoms with Gasteiger partial charge in [0.1, 0.15) is 0 Å². The Morgan fingerprint density at radius 2 is 1.88 bits per heavy atom. The number of anilines is 1. The third kappa shape index (κ3) is 5.04. The molecule has 5 nitrogen and oxygen atoms in total. The number of para-hydroxylation sites is 1. The molecule has 132 valence electrons. The fourth-order valence-electron chi connectivity index (χ4n) is 2.41. The summed E-state index contributed by atoms with van der Waals surface area (Å²) in [6, 6.07) is 9.26. The van der Waals surface area contributed by atoms with Gasteiger partial charge >= 0.3 is 5.97 Å². The first-order valence-corrected chi connectivity index (χ1v) is 7.90. The quantitative estimate of drug-likeness (QED) is 0.745. The molecule has 0 saturated carbocycles. The first-order chi connectivity index (χ1) is 11.9. The maximum atomic E-state index is 13.4. The topological polar surface area (TPSA) is 75.6 Å². The maximum absolute atomic E-state index is 13.4. The molecule has 0 radical (unpaired) electrons. The van der Waals surface area contributed by atoms with Crippen LogP contribution in [0.2, 0.25) is 0 Å². The van der Waals surface area contributed by atoms with Crippen LogP contribution >= 0.6 is 0 Å². The average molecular weight is 345 g/mol. The summed E-state index contributed by atoms with van der Waals surface area (Å²) >= 11 is 0. The predicted octanol–water partition coefficient (Wildman–Crippen LogP) is 3.94. The van der Waals surface area contributed by atoms with Crippen molar-refractivity contribution in [3.8, 4) is 5.75 Å². The van der Waals surface area contributed by atoms with Crippen molar-refractivity contribution in [3.05, 3.63) is 58.9 Å². The van der Waals surface area contributed by atoms with Gasteiger partial charge < -0.3 is 15.2 Å². The SMILES string of the molecule is Cc1cc(C)c(C(=O)O)cc1NC(=O)CCCOc1ccccc1F. The number of hydrogen-bond donors (Lipinski definition) is 2. The highest BCUT2D eigenvalue weighted by atomic mass is 19.1. The van der Waals surface area contributed by atoms with Gasteiger partial charge in [-0.3, -0.25) is 4.79 Å². The van der Waals surface area contributed by atoms with Crippen LogP contribution in [0.1, 0.15) is 34.3 Å². The molecule has 0 aromatic heterocycles. The van der Waals surface area contributed by atoms with E-state index < -0.39 is 11.8 Å². The van der Waals surface area contributed by atoms with E-state index in [-0.39, 0.29) is 30.2 Å². The van der Waals surface area contributed by atoms with E-state index in [1.165, 1.54) is 18.2 Å². The first kappa shape index (κ1) is 18.4. The molecule has 0 aliphatic rings. The van der Waals surface area contributed by atoms with Gasteiger partial charge in [-0.15, -0.1) is 0 Å². The molecule has 2 aromatic rings. The summed E-state index contributed by atoms with van der Waals surface area (Å²) in [5.74, 6) is -1.57. The average Bonchev–Trinajstić information content (AvgIpc) is 2.55. The molecule has 2 aromatic carbocycles. The Balaban J connectivity index is 1.87. The van der Waals surface area contributed by atoms with Gasteiger partial charge in [-0.25, -0.2) is 9.18 Å². The van der Waals surface area contributed by atoms with Crippen LogP contribution in [0.25, 0.3) is 0 Å². The van der Waals surface area contributed by atoms with E-state index in [0.717, 1.165) is 5.56 Å². The van der Waals surface area contributed by atoms with Crippen molar-refractivity contribution in [1.82, 2.24) is 0 Å². The van der Waals surface area contributed by atoms with Crippen LogP contribution in [0.4, 0.5) is 10.1 Å². The lowest BCUT2D eigenvalue weighted by Gasteiger charge is -2.12. The molecule has 0 aliphatic heterocycles. The third-order valence-corrected chi connectivity index (χ3v) is 3.72. The van der Waals surface area contributed by atoms with Gasteiger partial charge in [-0.1, -0.05) is 18.2 Å². The number of halogens is 1. The van der Waals surface area contributed by atoms with Crippen molar-refractivity contribution in [1.29, 1.82) is 0 Å². The highest BCUT2D eigenvalue weighted by molar-refractivity contribution is 5.95. The Labute approximate surface area is 145 Å². The Bertz CT molecular complexity index is 789. The van der Waals surface area contributed by atoms with Crippen LogP contribution in [0.3, 0.4) is 0 Å². The molecule has 2 rings (SSSR count). The van der Waals surface area contributed by atoms with Crippen molar-refractivity contribution in [2.24, 2.45) is 0 Å². The van der Waals surface area contributed by atoms with E-state index in [0.29, 0.717) is 17.7 Å². The molecule has 1 amide bonds. The minimum atomic E-state index is -1.04. The fraction of sp³-hybridized carbons (Fsp3) is 0.263. The van der Waals surface area contributed by atoms with Gasteiger partial charge in [-0.05, 0) is 49.6 Å². The largest absolute Gasteiger partial charge is 0.491 e. The van der Waals surface area contributed by atoms with Crippen molar-refractivity contribution in [2.75, 3.05) is 11.9 Å². The summed E-state index contributed by atoms with van der Waals surface area (Å²) in [6.07, 6.45) is 0.598. The third-order valence-electron chi connectivity index (χ3n) is 3.72. The van der Waals surface area contributed by atoms with Gasteiger partial charge in [0.25, 0.3) is 0 Å². The molecule has 0 aliphatic carbocycles. The predicted molar refractivity (Wildman–Crippen MR) is 92.6 cm³/mol. The van der Waals surface area contributed by atoms with Crippen LogP contribution in [0.15, 0.2) is 36.4 Å². The van der Waals surface area contributed by atoms with Crippen LogP contribution in [-0.4, -0.2) is 23.6 Å². The molecule has 0 spiro atoms. The van der Waals surface area contributed by atoms with Gasteiger partial charge in [0.05, 0.1) is 12.2 Å². The molecule has 25 heavy (non-hydrogen) atoms. The molecule has 0 heterocycles. The minimum absolute atomic E-state index is 0.156. The van der Waals surface area contributed by atoms with Gasteiger partial charge in [-0.2, -0.15) is 0 Å². The normalized spacial score (nSPS) is 10.4. The van der Waals surface area contributed by atoms with E-state index in [9.17, 15) is 14.0 Å². The van der Waals surface area contributed by atoms with Crippen molar-refractivity contribution in [2.45, 2.75) is 26.7 Å². The number of benzene rings is 2. The van der Waals surface area contributed by atoms with E-state index in [1.807, 2.05) is 0 Å². The summed E-state index contributed by atoms with van der Waals surface area (Å²) in [4.78, 5) is 23.2. The number of nitrogens with one attached hydrogen (secondary N) is 1. The number of amides is 1. The number of carbonyl (C=O) groups is 2. The van der Waals surface area contributed by atoms with E-state index in [2.05, 4.69) is 5.32 Å². The number of carboxylic acids is 1. The maximum Gasteiger partial charge on any atom is 0.336 e. The number of rotatable bonds is 7. The summed E-state index contributed by atoms with van der Waals surface area (Å²) in [7, 11) is 0. The monoisotopic (exact) mass is 345 g/mol. The summed E-state index contributed by atoms with van der Waals surface area (Å²) in [6.45, 7) is 3.72. The zero-order valence-corrected chi connectivity index (χ0v) is 14.1. The highest BCUT2D eigenvalue weighted by Gasteiger charge is 2.12. The number of ether oxygens (including phenoxy) is 1. The molecule has 0 bridgehead atoms. The van der Waals surface area contributed by atoms with Gasteiger partial charge in [0.15, 0.2) is 11.6 Å². The Hall–Kier alpha value is -2.89. The molecule has 0 fully saturated rings. The zero-order chi connectivity index (χ0) is 18.4. The van der Waals surface area contributed by atoms with Crippen molar-refractivity contribution in [3.63, 3.8) is 0 Å². The van der Waals surface area contributed by atoms with Crippen LogP contribution in [0.5, 0.6) is 5.75 Å². The lowest BCUT2D eigenvalue weighted by Crippen LogP contribution is -2.14. The van der Waals surface area contributed by atoms with Crippen molar-refractivity contribution >= 4 is 17.6 Å². The number of aryl methyl sites for hydroxylation is 2. The van der Waals surface area contributed by atoms with Crippen LogP contribution < -0.4 is 10.1 Å². The zero-order valence-electron chi connectivity index (χ0n) is 14.1. The van der Waals surface area contributed by atoms with Crippen LogP contribution in [0, 0.1) is 19.7 Å². The molecule has 0 saturated heterocycles. The van der Waals surface area contributed by atoms with Gasteiger partial charge in [0, 0.05) is 12.1 Å². The lowest BCUT2D eigenvalue weighted by molar-refractivity contribution is -0.116. The fourth-order valence-corrected chi connectivity index (χ4v) is 2.41. The Morgan fingerprint density at radius 3 is 2.56 bits per heavy atom. The smallest absolute Gasteiger partial charge is 0.336 e. The number of hydrogen-bond acceptors (Lipinski definition) is 3. The summed E-state index contributed by atoms with van der Waals surface area (Å²) in [5, 5.41) is 11.9. The minimum Gasteiger partial charge on any atom is -0.491 e. The number of carbonyl (C=O) groups excluding carboxylic acids is 1. The lowest BCUT2D eigenvalue weighted by atomic mass is 10.0. The second-order valence-electron chi connectivity index (χ2n) is 5.72. The Kier molecular flexibility index (Phi) is 6.11. The first-order valence-electron chi connectivity index (χ1n) is 7.90. The summed E-state index contributed by atoms with van der Waals surface area (Å²) < 4.78 is 18.7. The number of aromatic carboxylic acids is 1. The van der Waals surface area contributed by atoms with E-state index in [4.69, 9.17) is 9.84 Å². The molecular weight excluding hydrogens is 325 g/mol. The van der Waals surface area contributed by atoms with Gasteiger partial charge in [0.2, 0.25) is 5.91 Å². The molecule has 2 N–H and O–H groups in total. The standard InChI is InChI=1S/C19H20FNO4/c1-12-10-13(2)16(11-14(12)19(23)24)21-18(22)8-5-9-25-17-7-4-3-6-15(17)20/h3-4,6-7,10-11H,5,8-9H2,1-2H3,(H,21,22)(H,23,24). The van der Waals surface area contributed by atoms with Crippen molar-refractivity contribution < 1.29 is 23.8 Å². The molecule has 0 atom stereocenters. The molecule has 0 unspecified atom stereocenters. The highest BCUT2D eigenvalue weighted by Crippen LogP contribution is 2.21. The van der Waals surface area contributed by atoms with E-state index in [1.54, 1.807) is 32.0 Å².